The van der Waals surface area contributed by atoms with Crippen molar-refractivity contribution in [1.82, 2.24) is 5.01 Å². The first-order chi connectivity index (χ1) is 10.6. The Kier molecular flexibility index (Phi) is 4.39. The molecule has 1 amide bonds. The van der Waals surface area contributed by atoms with Crippen LogP contribution < -0.4 is 0 Å². The molecule has 2 N–H and O–H groups in total. The van der Waals surface area contributed by atoms with E-state index in [0.29, 0.717) is 6.42 Å². The van der Waals surface area contributed by atoms with Gasteiger partial charge >= 0.3 is 6.18 Å². The Bertz CT molecular complexity index is 658. The van der Waals surface area contributed by atoms with Crippen molar-refractivity contribution in [3.63, 3.8) is 0 Å². The normalized spacial score (nSPS) is 21.5. The molecule has 1 heterocycles. The van der Waals surface area contributed by atoms with Crippen molar-refractivity contribution in [3.8, 4) is 5.75 Å². The van der Waals surface area contributed by atoms with E-state index in [-0.39, 0.29) is 34.0 Å². The van der Waals surface area contributed by atoms with Gasteiger partial charge in [0.05, 0.1) is 0 Å². The molecule has 5 nitrogen and oxygen atoms in total. The summed E-state index contributed by atoms with van der Waals surface area (Å²) in [5.41, 5.74) is -3.28. The van der Waals surface area contributed by atoms with Crippen molar-refractivity contribution < 1.29 is 28.2 Å². The number of alkyl halides is 3. The molecule has 1 atom stereocenters. The number of hydrogen-bond donors (Lipinski definition) is 2. The number of benzene rings is 1. The lowest BCUT2D eigenvalue weighted by Gasteiger charge is -2.32. The van der Waals surface area contributed by atoms with Gasteiger partial charge in [-0.15, -0.1) is 0 Å². The second-order valence-electron chi connectivity index (χ2n) is 5.47. The first-order valence-corrected chi connectivity index (χ1v) is 7.10. The molecule has 0 radical (unpaired) electrons. The number of phenolic OH excluding ortho intramolecular Hbond substituents is 1. The highest BCUT2D eigenvalue weighted by molar-refractivity contribution is 5.99. The van der Waals surface area contributed by atoms with Crippen LogP contribution in [0.3, 0.4) is 0 Å². The second-order valence-corrected chi connectivity index (χ2v) is 5.47. The molecule has 23 heavy (non-hydrogen) atoms. The van der Waals surface area contributed by atoms with Gasteiger partial charge in [-0.3, -0.25) is 4.79 Å². The molecule has 8 heteroatoms. The topological polar surface area (TPSA) is 73.1 Å². The third kappa shape index (κ3) is 2.90. The SMILES string of the molecule is CCCC1=NN(C(=O)c2cccc(O)c2C)[C@@](O)(C(F)(F)F)C1. The molecule has 0 saturated heterocycles. The van der Waals surface area contributed by atoms with Crippen LogP contribution >= 0.6 is 0 Å². The maximum Gasteiger partial charge on any atom is 0.438 e. The molecule has 1 aliphatic rings. The number of phenols is 1. The standard InChI is InChI=1S/C15H17F3N2O3/c1-3-5-10-8-14(23,15(16,17)18)20(19-10)13(22)11-6-4-7-12(21)9(11)2/h4,6-7,21,23H,3,5,8H2,1-2H3/t14-/m0/s1. The quantitative estimate of drug-likeness (QED) is 0.895. The summed E-state index contributed by atoms with van der Waals surface area (Å²) in [6, 6.07) is 3.94. The molecule has 0 bridgehead atoms. The molecule has 1 aromatic rings. The minimum absolute atomic E-state index is 0.0831. The smallest absolute Gasteiger partial charge is 0.438 e. The molecule has 0 saturated carbocycles. The number of hydrogen-bond acceptors (Lipinski definition) is 4. The summed E-state index contributed by atoms with van der Waals surface area (Å²) in [5.74, 6) is -1.33. The number of rotatable bonds is 3. The minimum atomic E-state index is -5.05. The number of carbonyl (C=O) groups is 1. The molecule has 0 fully saturated rings. The molecule has 0 spiro atoms. The lowest BCUT2D eigenvalue weighted by Crippen LogP contribution is -2.56. The fourth-order valence-electron chi connectivity index (χ4n) is 2.45. The lowest BCUT2D eigenvalue weighted by molar-refractivity contribution is -0.297. The van der Waals surface area contributed by atoms with Gasteiger partial charge < -0.3 is 10.2 Å². The van der Waals surface area contributed by atoms with E-state index in [9.17, 15) is 28.2 Å². The summed E-state index contributed by atoms with van der Waals surface area (Å²) < 4.78 is 39.9. The molecular weight excluding hydrogens is 313 g/mol. The van der Waals surface area contributed by atoms with Crippen LogP contribution in [0.4, 0.5) is 13.2 Å². The van der Waals surface area contributed by atoms with Crippen molar-refractivity contribution >= 4 is 11.6 Å². The molecular formula is C15H17F3N2O3. The van der Waals surface area contributed by atoms with Crippen LogP contribution in [-0.2, 0) is 0 Å². The average Bonchev–Trinajstić information content (AvgIpc) is 2.79. The van der Waals surface area contributed by atoms with Gasteiger partial charge in [0.25, 0.3) is 11.6 Å². The van der Waals surface area contributed by atoms with Crippen LogP contribution in [0.1, 0.15) is 42.1 Å². The zero-order valence-corrected chi connectivity index (χ0v) is 12.7. The van der Waals surface area contributed by atoms with Crippen molar-refractivity contribution in [2.75, 3.05) is 0 Å². The zero-order valence-electron chi connectivity index (χ0n) is 12.7. The van der Waals surface area contributed by atoms with Gasteiger partial charge in [0.15, 0.2) is 0 Å². The number of amides is 1. The third-order valence-corrected chi connectivity index (χ3v) is 3.76. The van der Waals surface area contributed by atoms with Crippen molar-refractivity contribution in [3.05, 3.63) is 29.3 Å². The Morgan fingerprint density at radius 3 is 2.65 bits per heavy atom. The van der Waals surface area contributed by atoms with Crippen LogP contribution in [0.2, 0.25) is 0 Å². The van der Waals surface area contributed by atoms with E-state index in [1.165, 1.54) is 25.1 Å². The van der Waals surface area contributed by atoms with Crippen LogP contribution in [0.25, 0.3) is 0 Å². The highest BCUT2D eigenvalue weighted by Crippen LogP contribution is 2.42. The molecule has 0 aromatic heterocycles. The van der Waals surface area contributed by atoms with Crippen molar-refractivity contribution in [2.24, 2.45) is 5.10 Å². The van der Waals surface area contributed by atoms with Crippen LogP contribution in [0.15, 0.2) is 23.3 Å². The van der Waals surface area contributed by atoms with Gasteiger partial charge in [0.2, 0.25) is 0 Å². The lowest BCUT2D eigenvalue weighted by atomic mass is 10.0. The molecule has 126 valence electrons. The predicted molar refractivity (Wildman–Crippen MR) is 77.0 cm³/mol. The van der Waals surface area contributed by atoms with E-state index in [0.717, 1.165) is 0 Å². The highest BCUT2D eigenvalue weighted by atomic mass is 19.4. The van der Waals surface area contributed by atoms with E-state index in [4.69, 9.17) is 0 Å². The number of aromatic hydroxyl groups is 1. The zero-order chi connectivity index (χ0) is 17.4. The molecule has 1 aromatic carbocycles. The van der Waals surface area contributed by atoms with Gasteiger partial charge in [0.1, 0.15) is 5.75 Å². The summed E-state index contributed by atoms with van der Waals surface area (Å²) in [4.78, 5) is 12.5. The van der Waals surface area contributed by atoms with Crippen LogP contribution in [-0.4, -0.2) is 38.7 Å². The summed E-state index contributed by atoms with van der Waals surface area (Å²) >= 11 is 0. The number of halogens is 3. The summed E-state index contributed by atoms with van der Waals surface area (Å²) in [7, 11) is 0. The number of carbonyl (C=O) groups excluding carboxylic acids is 1. The Balaban J connectivity index is 2.48. The van der Waals surface area contributed by atoms with Gasteiger partial charge in [-0.2, -0.15) is 23.3 Å². The van der Waals surface area contributed by atoms with E-state index >= 15 is 0 Å². The number of aliphatic hydroxyl groups is 1. The van der Waals surface area contributed by atoms with Gasteiger partial charge in [0, 0.05) is 23.3 Å². The first kappa shape index (κ1) is 17.3. The predicted octanol–water partition coefficient (Wildman–Crippen LogP) is 2.95. The fraction of sp³-hybridized carbons (Fsp3) is 0.467. The molecule has 0 unspecified atom stereocenters. The van der Waals surface area contributed by atoms with Crippen molar-refractivity contribution in [1.29, 1.82) is 0 Å². The highest BCUT2D eigenvalue weighted by Gasteiger charge is 2.63. The Morgan fingerprint density at radius 2 is 2.09 bits per heavy atom. The maximum absolute atomic E-state index is 13.3. The fourth-order valence-corrected chi connectivity index (χ4v) is 2.45. The van der Waals surface area contributed by atoms with Gasteiger partial charge in [-0.05, 0) is 25.5 Å². The summed E-state index contributed by atoms with van der Waals surface area (Å²) in [6.45, 7) is 3.17. The van der Waals surface area contributed by atoms with Crippen LogP contribution in [0.5, 0.6) is 5.75 Å². The Morgan fingerprint density at radius 1 is 1.43 bits per heavy atom. The average molecular weight is 330 g/mol. The summed E-state index contributed by atoms with van der Waals surface area (Å²) in [5, 5.41) is 23.5. The Labute approximate surface area is 131 Å². The summed E-state index contributed by atoms with van der Waals surface area (Å²) in [6.07, 6.45) is -5.03. The minimum Gasteiger partial charge on any atom is -0.508 e. The molecule has 0 aliphatic carbocycles. The van der Waals surface area contributed by atoms with Gasteiger partial charge in [-0.1, -0.05) is 19.4 Å². The molecule has 1 aliphatic heterocycles. The largest absolute Gasteiger partial charge is 0.508 e. The third-order valence-electron chi connectivity index (χ3n) is 3.76. The van der Waals surface area contributed by atoms with Gasteiger partial charge in [-0.25, -0.2) is 0 Å². The molecule has 2 rings (SSSR count). The monoisotopic (exact) mass is 330 g/mol. The van der Waals surface area contributed by atoms with E-state index in [2.05, 4.69) is 5.10 Å². The van der Waals surface area contributed by atoms with E-state index < -0.39 is 24.2 Å². The first-order valence-electron chi connectivity index (χ1n) is 7.10. The maximum atomic E-state index is 13.3. The van der Waals surface area contributed by atoms with Crippen LogP contribution in [0, 0.1) is 6.92 Å². The second kappa shape index (κ2) is 5.84. The van der Waals surface area contributed by atoms with E-state index in [1.807, 2.05) is 0 Å². The van der Waals surface area contributed by atoms with E-state index in [1.54, 1.807) is 6.92 Å². The Hall–Kier alpha value is -2.09. The number of nitrogens with zero attached hydrogens (tertiary/aromatic N) is 2. The van der Waals surface area contributed by atoms with Crippen molar-refractivity contribution in [2.45, 2.75) is 45.0 Å². The number of hydrazone groups is 1.